The molecule has 3 rings (SSSR count). The van der Waals surface area contributed by atoms with E-state index in [9.17, 15) is 4.79 Å². The predicted octanol–water partition coefficient (Wildman–Crippen LogP) is 3.51. The number of hydrogen-bond acceptors (Lipinski definition) is 4. The average molecular weight is 360 g/mol. The third-order valence-electron chi connectivity index (χ3n) is 4.12. The molecule has 1 aliphatic rings. The summed E-state index contributed by atoms with van der Waals surface area (Å²) in [5, 5.41) is 9.00. The van der Waals surface area contributed by atoms with Gasteiger partial charge in [-0.2, -0.15) is 5.26 Å². The Morgan fingerprint density at radius 2 is 2.04 bits per heavy atom. The van der Waals surface area contributed by atoms with Crippen LogP contribution in [0.3, 0.4) is 0 Å². The highest BCUT2D eigenvalue weighted by Crippen LogP contribution is 2.23. The van der Waals surface area contributed by atoms with Crippen LogP contribution in [0.4, 0.5) is 0 Å². The highest BCUT2D eigenvalue weighted by molar-refractivity contribution is 7.16. The highest BCUT2D eigenvalue weighted by atomic mass is 35.5. The maximum atomic E-state index is 12.4. The van der Waals surface area contributed by atoms with Crippen LogP contribution in [0.25, 0.3) is 0 Å². The van der Waals surface area contributed by atoms with Gasteiger partial charge in [-0.15, -0.1) is 11.3 Å². The molecule has 1 amide bonds. The number of rotatable bonds is 4. The molecule has 0 atom stereocenters. The lowest BCUT2D eigenvalue weighted by molar-refractivity contribution is -0.130. The van der Waals surface area contributed by atoms with Crippen LogP contribution in [-0.4, -0.2) is 35.3 Å². The Kier molecular flexibility index (Phi) is 5.52. The smallest absolute Gasteiger partial charge is 0.224 e. The molecule has 0 saturated carbocycles. The lowest BCUT2D eigenvalue weighted by Crippen LogP contribution is -2.32. The van der Waals surface area contributed by atoms with E-state index < -0.39 is 0 Å². The number of hydrogen-bond donors (Lipinski definition) is 0. The van der Waals surface area contributed by atoms with Crippen LogP contribution < -0.4 is 0 Å². The first-order valence-corrected chi connectivity index (χ1v) is 9.07. The maximum absolute atomic E-state index is 12.4. The molecule has 4 nitrogen and oxygen atoms in total. The van der Waals surface area contributed by atoms with Crippen LogP contribution in [0.5, 0.6) is 0 Å². The fraction of sp³-hybridized carbons (Fsp3) is 0.333. The van der Waals surface area contributed by atoms with E-state index in [1.54, 1.807) is 0 Å². The van der Waals surface area contributed by atoms with Crippen molar-refractivity contribution in [3.05, 3.63) is 56.7 Å². The quantitative estimate of drug-likeness (QED) is 0.839. The van der Waals surface area contributed by atoms with Crippen molar-refractivity contribution in [3.8, 4) is 6.07 Å². The van der Waals surface area contributed by atoms with Gasteiger partial charge in [-0.05, 0) is 29.8 Å². The number of halogens is 1. The summed E-state index contributed by atoms with van der Waals surface area (Å²) in [6.45, 7) is 3.70. The van der Waals surface area contributed by atoms with Gasteiger partial charge >= 0.3 is 0 Å². The van der Waals surface area contributed by atoms with Gasteiger partial charge in [0, 0.05) is 37.5 Å². The molecule has 0 spiro atoms. The molecule has 0 radical (unpaired) electrons. The second-order valence-electron chi connectivity index (χ2n) is 5.86. The number of nitrogens with zero attached hydrogens (tertiary/aromatic N) is 3. The Labute approximate surface area is 150 Å². The first kappa shape index (κ1) is 17.0. The van der Waals surface area contributed by atoms with Gasteiger partial charge in [-0.25, -0.2) is 0 Å². The SMILES string of the molecule is N#Cc1cccc(CN2CCC(=O)N(Cc3ccc(Cl)s3)CC2)c1. The molecule has 6 heteroatoms. The minimum atomic E-state index is 0.188. The number of carbonyl (C=O) groups excluding carboxylic acids is 1. The molecule has 0 bridgehead atoms. The zero-order valence-electron chi connectivity index (χ0n) is 13.2. The standard InChI is InChI=1S/C18H18ClN3OS/c19-17-5-4-16(24-17)13-22-9-8-21(7-6-18(22)23)12-15-3-1-2-14(10-15)11-20/h1-5,10H,6-9,12-13H2. The minimum absolute atomic E-state index is 0.188. The van der Waals surface area contributed by atoms with E-state index in [4.69, 9.17) is 16.9 Å². The normalized spacial score (nSPS) is 16.0. The molecule has 1 aliphatic heterocycles. The summed E-state index contributed by atoms with van der Waals surface area (Å²) in [4.78, 5) is 17.7. The number of carbonyl (C=O) groups is 1. The second-order valence-corrected chi connectivity index (χ2v) is 7.66. The van der Waals surface area contributed by atoms with E-state index in [2.05, 4.69) is 11.0 Å². The van der Waals surface area contributed by atoms with E-state index in [-0.39, 0.29) is 5.91 Å². The Morgan fingerprint density at radius 1 is 1.17 bits per heavy atom. The summed E-state index contributed by atoms with van der Waals surface area (Å²) in [5.41, 5.74) is 1.79. The third kappa shape index (κ3) is 4.35. The Hall–Kier alpha value is -1.87. The van der Waals surface area contributed by atoms with Crippen LogP contribution in [0.15, 0.2) is 36.4 Å². The number of thiophene rings is 1. The monoisotopic (exact) mass is 359 g/mol. The molecule has 2 aromatic rings. The Balaban J connectivity index is 1.61. The molecule has 0 aliphatic carbocycles. The lowest BCUT2D eigenvalue weighted by atomic mass is 10.1. The second kappa shape index (κ2) is 7.80. The van der Waals surface area contributed by atoms with E-state index >= 15 is 0 Å². The van der Waals surface area contributed by atoms with Gasteiger partial charge in [-0.1, -0.05) is 23.7 Å². The molecule has 1 saturated heterocycles. The van der Waals surface area contributed by atoms with E-state index in [1.807, 2.05) is 41.3 Å². The summed E-state index contributed by atoms with van der Waals surface area (Å²) in [6, 6.07) is 13.7. The molecule has 0 unspecified atom stereocenters. The van der Waals surface area contributed by atoms with E-state index in [0.29, 0.717) is 25.1 Å². The van der Waals surface area contributed by atoms with Crippen molar-refractivity contribution in [1.29, 1.82) is 5.26 Å². The van der Waals surface area contributed by atoms with Crippen molar-refractivity contribution in [2.24, 2.45) is 0 Å². The van der Waals surface area contributed by atoms with Crippen LogP contribution in [0.2, 0.25) is 4.34 Å². The maximum Gasteiger partial charge on any atom is 0.224 e. The van der Waals surface area contributed by atoms with Crippen molar-refractivity contribution < 1.29 is 4.79 Å². The molecule has 1 fully saturated rings. The highest BCUT2D eigenvalue weighted by Gasteiger charge is 2.21. The van der Waals surface area contributed by atoms with Crippen molar-refractivity contribution in [2.45, 2.75) is 19.5 Å². The summed E-state index contributed by atoms with van der Waals surface area (Å²) < 4.78 is 0.756. The van der Waals surface area contributed by atoms with E-state index in [1.165, 1.54) is 11.3 Å². The van der Waals surface area contributed by atoms with Gasteiger partial charge in [0.15, 0.2) is 0 Å². The van der Waals surface area contributed by atoms with Gasteiger partial charge < -0.3 is 4.90 Å². The predicted molar refractivity (Wildman–Crippen MR) is 95.8 cm³/mol. The average Bonchev–Trinajstić information content (AvgIpc) is 2.92. The first-order valence-electron chi connectivity index (χ1n) is 7.87. The molecule has 1 aromatic heterocycles. The van der Waals surface area contributed by atoms with Crippen molar-refractivity contribution in [2.75, 3.05) is 19.6 Å². The fourth-order valence-electron chi connectivity index (χ4n) is 2.86. The third-order valence-corrected chi connectivity index (χ3v) is 5.33. The van der Waals surface area contributed by atoms with Gasteiger partial charge in [-0.3, -0.25) is 9.69 Å². The van der Waals surface area contributed by atoms with Gasteiger partial charge in [0.05, 0.1) is 22.5 Å². The first-order chi connectivity index (χ1) is 11.6. The minimum Gasteiger partial charge on any atom is -0.336 e. The molecule has 24 heavy (non-hydrogen) atoms. The summed E-state index contributed by atoms with van der Waals surface area (Å²) in [7, 11) is 0. The van der Waals surface area contributed by atoms with Crippen molar-refractivity contribution in [1.82, 2.24) is 9.80 Å². The van der Waals surface area contributed by atoms with Crippen molar-refractivity contribution >= 4 is 28.8 Å². The molecule has 0 N–H and O–H groups in total. The van der Waals surface area contributed by atoms with Crippen LogP contribution in [0.1, 0.15) is 22.4 Å². The zero-order chi connectivity index (χ0) is 16.9. The van der Waals surface area contributed by atoms with Crippen LogP contribution >= 0.6 is 22.9 Å². The van der Waals surface area contributed by atoms with E-state index in [0.717, 1.165) is 34.4 Å². The number of amides is 1. The molecular formula is C18H18ClN3OS. The molecule has 124 valence electrons. The largest absolute Gasteiger partial charge is 0.336 e. The van der Waals surface area contributed by atoms with Crippen LogP contribution in [0, 0.1) is 11.3 Å². The lowest BCUT2D eigenvalue weighted by Gasteiger charge is -2.21. The van der Waals surface area contributed by atoms with Gasteiger partial charge in [0.25, 0.3) is 0 Å². The number of nitriles is 1. The zero-order valence-corrected chi connectivity index (χ0v) is 14.8. The van der Waals surface area contributed by atoms with Crippen LogP contribution in [-0.2, 0) is 17.9 Å². The van der Waals surface area contributed by atoms with Gasteiger partial charge in [0.2, 0.25) is 5.91 Å². The Morgan fingerprint density at radius 3 is 2.79 bits per heavy atom. The summed E-state index contributed by atoms with van der Waals surface area (Å²) in [6.07, 6.45) is 0.525. The van der Waals surface area contributed by atoms with Gasteiger partial charge in [0.1, 0.15) is 0 Å². The molecule has 1 aromatic carbocycles. The fourth-order valence-corrected chi connectivity index (χ4v) is 3.96. The summed E-state index contributed by atoms with van der Waals surface area (Å²) >= 11 is 7.49. The summed E-state index contributed by atoms with van der Waals surface area (Å²) in [5.74, 6) is 0.188. The molecule has 2 heterocycles. The van der Waals surface area contributed by atoms with Crippen molar-refractivity contribution in [3.63, 3.8) is 0 Å². The number of benzene rings is 1. The Bertz CT molecular complexity index is 768. The topological polar surface area (TPSA) is 47.3 Å². The molecular weight excluding hydrogens is 342 g/mol.